The molecule has 0 aliphatic carbocycles. The van der Waals surface area contributed by atoms with Crippen LogP contribution in [0.15, 0.2) is 77.3 Å². The fraction of sp³-hybridized carbons (Fsp3) is 0.276. The maximum absolute atomic E-state index is 13.2. The summed E-state index contributed by atoms with van der Waals surface area (Å²) in [6, 6.07) is 25.0. The van der Waals surface area contributed by atoms with E-state index in [1.165, 1.54) is 27.7 Å². The summed E-state index contributed by atoms with van der Waals surface area (Å²) in [6.45, 7) is 3.08. The van der Waals surface area contributed by atoms with Crippen molar-refractivity contribution in [3.63, 3.8) is 0 Å². The molecule has 1 aromatic heterocycles. The number of carbonyl (C=O) groups is 1. The number of rotatable bonds is 6. The highest BCUT2D eigenvalue weighted by atomic mass is 79.9. The van der Waals surface area contributed by atoms with E-state index >= 15 is 0 Å². The second kappa shape index (κ2) is 10.2. The van der Waals surface area contributed by atoms with Crippen LogP contribution in [-0.4, -0.2) is 48.7 Å². The summed E-state index contributed by atoms with van der Waals surface area (Å²) in [6.07, 6.45) is 1.23. The molecule has 0 saturated carbocycles. The third-order valence-corrected chi connectivity index (χ3v) is 7.51. The van der Waals surface area contributed by atoms with Crippen LogP contribution in [-0.2, 0) is 18.3 Å². The Labute approximate surface area is 215 Å². The molecule has 35 heavy (non-hydrogen) atoms. The fourth-order valence-corrected chi connectivity index (χ4v) is 5.44. The summed E-state index contributed by atoms with van der Waals surface area (Å²) in [4.78, 5) is 17.6. The predicted molar refractivity (Wildman–Crippen MR) is 146 cm³/mol. The number of amides is 1. The van der Waals surface area contributed by atoms with Gasteiger partial charge in [-0.2, -0.15) is 0 Å². The molecule has 0 radical (unpaired) electrons. The SMILES string of the molecule is COc1ccccc1N1CCN(C(=O)CCc2c(-c3ccc(Br)cc3)n(C)c3ccccc23)CC1. The number of para-hydroxylation sites is 3. The van der Waals surface area contributed by atoms with E-state index in [1.807, 2.05) is 23.1 Å². The van der Waals surface area contributed by atoms with Crippen molar-refractivity contribution in [3.8, 4) is 17.0 Å². The number of hydrogen-bond acceptors (Lipinski definition) is 3. The second-order valence-corrected chi connectivity index (χ2v) is 9.87. The first kappa shape index (κ1) is 23.5. The highest BCUT2D eigenvalue weighted by Gasteiger charge is 2.24. The van der Waals surface area contributed by atoms with Gasteiger partial charge in [0.25, 0.3) is 0 Å². The van der Waals surface area contributed by atoms with Crippen molar-refractivity contribution in [1.29, 1.82) is 0 Å². The minimum Gasteiger partial charge on any atom is -0.495 e. The van der Waals surface area contributed by atoms with Crippen molar-refractivity contribution < 1.29 is 9.53 Å². The fourth-order valence-electron chi connectivity index (χ4n) is 5.18. The largest absolute Gasteiger partial charge is 0.495 e. The Morgan fingerprint density at radius 3 is 2.34 bits per heavy atom. The summed E-state index contributed by atoms with van der Waals surface area (Å²) in [5, 5.41) is 1.22. The summed E-state index contributed by atoms with van der Waals surface area (Å²) < 4.78 is 8.84. The van der Waals surface area contributed by atoms with Crippen molar-refractivity contribution in [1.82, 2.24) is 9.47 Å². The molecule has 1 fully saturated rings. The molecule has 2 heterocycles. The van der Waals surface area contributed by atoms with Crippen LogP contribution in [0.3, 0.4) is 0 Å². The normalized spacial score (nSPS) is 13.9. The van der Waals surface area contributed by atoms with Crippen molar-refractivity contribution in [3.05, 3.63) is 82.8 Å². The molecule has 0 unspecified atom stereocenters. The molecule has 1 aliphatic heterocycles. The van der Waals surface area contributed by atoms with Crippen molar-refractivity contribution in [2.75, 3.05) is 38.2 Å². The minimum atomic E-state index is 0.222. The number of carbonyl (C=O) groups excluding carboxylic acids is 1. The van der Waals surface area contributed by atoms with Gasteiger partial charge in [-0.25, -0.2) is 0 Å². The van der Waals surface area contributed by atoms with Gasteiger partial charge in [-0.05, 0) is 47.9 Å². The zero-order valence-corrected chi connectivity index (χ0v) is 21.8. The van der Waals surface area contributed by atoms with Gasteiger partial charge >= 0.3 is 0 Å². The number of anilines is 1. The predicted octanol–water partition coefficient (Wildman–Crippen LogP) is 5.90. The van der Waals surface area contributed by atoms with Gasteiger partial charge in [0.05, 0.1) is 18.5 Å². The number of aromatic nitrogens is 1. The zero-order chi connectivity index (χ0) is 24.4. The minimum absolute atomic E-state index is 0.222. The number of fused-ring (bicyclic) bond motifs is 1. The molecule has 0 atom stereocenters. The molecule has 3 aromatic carbocycles. The lowest BCUT2D eigenvalue weighted by molar-refractivity contribution is -0.131. The van der Waals surface area contributed by atoms with Crippen LogP contribution in [0.5, 0.6) is 5.75 Å². The van der Waals surface area contributed by atoms with E-state index in [0.717, 1.165) is 48.5 Å². The van der Waals surface area contributed by atoms with Crippen molar-refractivity contribution >= 4 is 38.4 Å². The molecule has 180 valence electrons. The van der Waals surface area contributed by atoms with Gasteiger partial charge < -0.3 is 19.1 Å². The molecule has 6 heteroatoms. The highest BCUT2D eigenvalue weighted by Crippen LogP contribution is 2.35. The smallest absolute Gasteiger partial charge is 0.223 e. The standard InChI is InChI=1S/C29H30BrN3O2/c1-31-25-8-4-3-7-23(25)24(29(31)21-11-13-22(30)14-12-21)15-16-28(34)33-19-17-32(18-20-33)26-9-5-6-10-27(26)35-2/h3-14H,15-20H2,1-2H3. The Morgan fingerprint density at radius 1 is 0.914 bits per heavy atom. The number of halogens is 1. The lowest BCUT2D eigenvalue weighted by Gasteiger charge is -2.36. The number of piperazine rings is 1. The molecule has 4 aromatic rings. The summed E-state index contributed by atoms with van der Waals surface area (Å²) >= 11 is 3.54. The van der Waals surface area contributed by atoms with Gasteiger partial charge in [0.2, 0.25) is 5.91 Å². The number of benzene rings is 3. The Kier molecular flexibility index (Phi) is 6.82. The molecule has 1 aliphatic rings. The van der Waals surface area contributed by atoms with Crippen LogP contribution in [0.1, 0.15) is 12.0 Å². The number of ether oxygens (including phenoxy) is 1. The monoisotopic (exact) mass is 531 g/mol. The van der Waals surface area contributed by atoms with Gasteiger partial charge in [-0.15, -0.1) is 0 Å². The first-order valence-electron chi connectivity index (χ1n) is 12.0. The van der Waals surface area contributed by atoms with Crippen LogP contribution in [0.4, 0.5) is 5.69 Å². The van der Waals surface area contributed by atoms with E-state index in [1.54, 1.807) is 7.11 Å². The zero-order valence-electron chi connectivity index (χ0n) is 20.2. The lowest BCUT2D eigenvalue weighted by Crippen LogP contribution is -2.48. The Hall–Kier alpha value is -3.25. The number of hydrogen-bond donors (Lipinski definition) is 0. The molecule has 1 saturated heterocycles. The second-order valence-electron chi connectivity index (χ2n) is 8.95. The third kappa shape index (κ3) is 4.67. The van der Waals surface area contributed by atoms with Crippen LogP contribution in [0.2, 0.25) is 0 Å². The van der Waals surface area contributed by atoms with E-state index in [2.05, 4.69) is 87.0 Å². The third-order valence-electron chi connectivity index (χ3n) is 6.98. The highest BCUT2D eigenvalue weighted by molar-refractivity contribution is 9.10. The van der Waals surface area contributed by atoms with Crippen LogP contribution in [0, 0.1) is 0 Å². The average molecular weight is 532 g/mol. The van der Waals surface area contributed by atoms with Crippen molar-refractivity contribution in [2.24, 2.45) is 7.05 Å². The van der Waals surface area contributed by atoms with Crippen LogP contribution in [0.25, 0.3) is 22.2 Å². The Balaban J connectivity index is 1.31. The number of methoxy groups -OCH3 is 1. The maximum atomic E-state index is 13.2. The van der Waals surface area contributed by atoms with Gasteiger partial charge in [0.15, 0.2) is 0 Å². The van der Waals surface area contributed by atoms with Crippen LogP contribution < -0.4 is 9.64 Å². The summed E-state index contributed by atoms with van der Waals surface area (Å²) in [7, 11) is 3.82. The summed E-state index contributed by atoms with van der Waals surface area (Å²) in [5.41, 5.74) is 5.88. The number of nitrogens with zero attached hydrogens (tertiary/aromatic N) is 3. The first-order chi connectivity index (χ1) is 17.1. The lowest BCUT2D eigenvalue weighted by atomic mass is 10.0. The molecule has 0 bridgehead atoms. The quantitative estimate of drug-likeness (QED) is 0.311. The van der Waals surface area contributed by atoms with E-state index in [-0.39, 0.29) is 5.91 Å². The van der Waals surface area contributed by atoms with E-state index in [9.17, 15) is 4.79 Å². The average Bonchev–Trinajstić information content (AvgIpc) is 3.19. The molecular weight excluding hydrogens is 502 g/mol. The summed E-state index contributed by atoms with van der Waals surface area (Å²) in [5.74, 6) is 1.10. The molecular formula is C29H30BrN3O2. The van der Waals surface area contributed by atoms with E-state index < -0.39 is 0 Å². The molecule has 5 rings (SSSR count). The van der Waals surface area contributed by atoms with Gasteiger partial charge in [-0.1, -0.05) is 58.4 Å². The van der Waals surface area contributed by atoms with E-state index in [0.29, 0.717) is 6.42 Å². The maximum Gasteiger partial charge on any atom is 0.223 e. The van der Waals surface area contributed by atoms with Crippen LogP contribution >= 0.6 is 15.9 Å². The molecule has 0 N–H and O–H groups in total. The van der Waals surface area contributed by atoms with Gasteiger partial charge in [0.1, 0.15) is 5.75 Å². The molecule has 0 spiro atoms. The Morgan fingerprint density at radius 2 is 1.60 bits per heavy atom. The topological polar surface area (TPSA) is 37.7 Å². The molecule has 5 nitrogen and oxygen atoms in total. The number of aryl methyl sites for hydroxylation is 2. The molecule has 1 amide bonds. The van der Waals surface area contributed by atoms with Crippen molar-refractivity contribution in [2.45, 2.75) is 12.8 Å². The first-order valence-corrected chi connectivity index (χ1v) is 12.8. The van der Waals surface area contributed by atoms with Gasteiger partial charge in [-0.3, -0.25) is 4.79 Å². The van der Waals surface area contributed by atoms with Gasteiger partial charge in [0, 0.05) is 55.0 Å². The Bertz CT molecular complexity index is 1340. The van der Waals surface area contributed by atoms with E-state index in [4.69, 9.17) is 4.74 Å².